The fraction of sp³-hybridized carbons (Fsp3) is 0.923. The van der Waals surface area contributed by atoms with Gasteiger partial charge in [-0.25, -0.2) is 0 Å². The lowest BCUT2D eigenvalue weighted by Crippen LogP contribution is -2.50. The minimum Gasteiger partial charge on any atom is -0.348 e. The smallest absolute Gasteiger partial charge is 0.224 e. The molecule has 3 saturated carbocycles. The summed E-state index contributed by atoms with van der Waals surface area (Å²) >= 11 is 11.7. The van der Waals surface area contributed by atoms with E-state index >= 15 is 0 Å². The highest BCUT2D eigenvalue weighted by Gasteiger charge is 2.67. The second-order valence-electron chi connectivity index (χ2n) is 6.33. The van der Waals surface area contributed by atoms with E-state index in [0.29, 0.717) is 23.6 Å². The minimum atomic E-state index is -0.448. The molecule has 0 radical (unpaired) electrons. The predicted octanol–water partition coefficient (Wildman–Crippen LogP) is 2.63. The monoisotopic (exact) mass is 275 g/mol. The maximum absolute atomic E-state index is 12.2. The molecule has 0 aromatic heterocycles. The molecular formula is C13H19Cl2NO. The molecular weight excluding hydrogens is 257 g/mol. The molecule has 4 unspecified atom stereocenters. The SMILES string of the molecule is CC(CCl)(CCl)NC(=O)C1C2C3CCC(C3)C12. The van der Waals surface area contributed by atoms with Gasteiger partial charge in [0.2, 0.25) is 5.91 Å². The molecule has 3 aliphatic carbocycles. The Morgan fingerprint density at radius 1 is 1.24 bits per heavy atom. The van der Waals surface area contributed by atoms with Crippen molar-refractivity contribution in [1.82, 2.24) is 5.32 Å². The molecule has 17 heavy (non-hydrogen) atoms. The lowest BCUT2D eigenvalue weighted by Gasteiger charge is -2.26. The maximum Gasteiger partial charge on any atom is 0.224 e. The van der Waals surface area contributed by atoms with Crippen molar-refractivity contribution in [1.29, 1.82) is 0 Å². The first-order valence-corrected chi connectivity index (χ1v) is 7.60. The van der Waals surface area contributed by atoms with Gasteiger partial charge in [-0.1, -0.05) is 0 Å². The van der Waals surface area contributed by atoms with Crippen molar-refractivity contribution < 1.29 is 4.79 Å². The van der Waals surface area contributed by atoms with Crippen LogP contribution < -0.4 is 5.32 Å². The summed E-state index contributed by atoms with van der Waals surface area (Å²) in [4.78, 5) is 12.2. The molecule has 3 aliphatic rings. The van der Waals surface area contributed by atoms with E-state index in [0.717, 1.165) is 11.8 Å². The third kappa shape index (κ3) is 1.79. The molecule has 0 saturated heterocycles. The van der Waals surface area contributed by atoms with Crippen LogP contribution in [0.5, 0.6) is 0 Å². The average Bonchev–Trinajstić information content (AvgIpc) is 2.79. The van der Waals surface area contributed by atoms with Gasteiger partial charge in [0.1, 0.15) is 0 Å². The summed E-state index contributed by atoms with van der Waals surface area (Å²) in [5, 5.41) is 3.05. The molecule has 1 amide bonds. The number of hydrogen-bond donors (Lipinski definition) is 1. The number of halogens is 2. The Kier molecular flexibility index (Phi) is 2.87. The number of alkyl halides is 2. The second-order valence-corrected chi connectivity index (χ2v) is 6.87. The van der Waals surface area contributed by atoms with Crippen molar-refractivity contribution in [3.05, 3.63) is 0 Å². The van der Waals surface area contributed by atoms with Crippen LogP contribution in [-0.2, 0) is 4.79 Å². The van der Waals surface area contributed by atoms with Gasteiger partial charge in [0.15, 0.2) is 0 Å². The van der Waals surface area contributed by atoms with Crippen molar-refractivity contribution in [2.75, 3.05) is 11.8 Å². The lowest BCUT2D eigenvalue weighted by molar-refractivity contribution is -0.124. The molecule has 0 heterocycles. The second kappa shape index (κ2) is 4.03. The number of amides is 1. The van der Waals surface area contributed by atoms with Crippen molar-refractivity contribution in [3.63, 3.8) is 0 Å². The third-order valence-electron chi connectivity index (χ3n) is 5.05. The Labute approximate surface area is 112 Å². The lowest BCUT2D eigenvalue weighted by atomic mass is 10.0. The van der Waals surface area contributed by atoms with Gasteiger partial charge in [-0.3, -0.25) is 4.79 Å². The third-order valence-corrected chi connectivity index (χ3v) is 6.23. The van der Waals surface area contributed by atoms with Gasteiger partial charge in [-0.05, 0) is 49.9 Å². The van der Waals surface area contributed by atoms with E-state index in [1.54, 1.807) is 0 Å². The van der Waals surface area contributed by atoms with Crippen LogP contribution in [0.15, 0.2) is 0 Å². The number of carbonyl (C=O) groups excluding carboxylic acids is 1. The van der Waals surface area contributed by atoms with E-state index in [-0.39, 0.29) is 11.8 Å². The molecule has 2 nitrogen and oxygen atoms in total. The van der Waals surface area contributed by atoms with E-state index in [4.69, 9.17) is 23.2 Å². The standard InChI is InChI=1S/C13H19Cl2NO/c1-13(5-14,6-15)16-12(17)11-9-7-2-3-8(4-7)10(9)11/h7-11H,2-6H2,1H3,(H,16,17). The van der Waals surface area contributed by atoms with Crippen LogP contribution in [0.3, 0.4) is 0 Å². The zero-order valence-corrected chi connectivity index (χ0v) is 11.6. The zero-order chi connectivity index (χ0) is 12.2. The normalized spacial score (nSPS) is 42.4. The molecule has 3 rings (SSSR count). The van der Waals surface area contributed by atoms with Crippen molar-refractivity contribution in [3.8, 4) is 0 Å². The quantitative estimate of drug-likeness (QED) is 0.786. The molecule has 4 atom stereocenters. The Morgan fingerprint density at radius 2 is 1.76 bits per heavy atom. The highest BCUT2D eigenvalue weighted by molar-refractivity contribution is 6.22. The summed E-state index contributed by atoms with van der Waals surface area (Å²) in [6.07, 6.45) is 4.07. The predicted molar refractivity (Wildman–Crippen MR) is 69.3 cm³/mol. The zero-order valence-electron chi connectivity index (χ0n) is 10.1. The van der Waals surface area contributed by atoms with Crippen LogP contribution in [0.25, 0.3) is 0 Å². The van der Waals surface area contributed by atoms with Crippen molar-refractivity contribution in [2.45, 2.75) is 31.7 Å². The van der Waals surface area contributed by atoms with Crippen LogP contribution in [0.4, 0.5) is 0 Å². The summed E-state index contributed by atoms with van der Waals surface area (Å²) < 4.78 is 0. The molecule has 96 valence electrons. The van der Waals surface area contributed by atoms with Crippen LogP contribution >= 0.6 is 23.2 Å². The number of carbonyl (C=O) groups is 1. The molecule has 4 heteroatoms. The minimum absolute atomic E-state index is 0.195. The molecule has 0 aromatic rings. The van der Waals surface area contributed by atoms with Crippen molar-refractivity contribution in [2.24, 2.45) is 29.6 Å². The van der Waals surface area contributed by atoms with E-state index in [2.05, 4.69) is 5.32 Å². The Hall–Kier alpha value is 0.0500. The maximum atomic E-state index is 12.2. The molecule has 3 fully saturated rings. The van der Waals surface area contributed by atoms with Gasteiger partial charge in [-0.15, -0.1) is 23.2 Å². The first kappa shape index (κ1) is 12.1. The Bertz CT molecular complexity index is 326. The van der Waals surface area contributed by atoms with E-state index in [9.17, 15) is 4.79 Å². The van der Waals surface area contributed by atoms with E-state index in [1.807, 2.05) is 6.92 Å². The van der Waals surface area contributed by atoms with Gasteiger partial charge in [-0.2, -0.15) is 0 Å². The molecule has 0 spiro atoms. The molecule has 0 aliphatic heterocycles. The van der Waals surface area contributed by atoms with Gasteiger partial charge >= 0.3 is 0 Å². The Balaban J connectivity index is 1.62. The van der Waals surface area contributed by atoms with Crippen LogP contribution in [-0.4, -0.2) is 23.2 Å². The fourth-order valence-corrected chi connectivity index (χ4v) is 4.58. The highest BCUT2D eigenvalue weighted by Crippen LogP contribution is 2.69. The van der Waals surface area contributed by atoms with Crippen LogP contribution in [0.2, 0.25) is 0 Å². The summed E-state index contributed by atoms with van der Waals surface area (Å²) in [6.45, 7) is 1.91. The molecule has 2 bridgehead atoms. The van der Waals surface area contributed by atoms with Gasteiger partial charge < -0.3 is 5.32 Å². The summed E-state index contributed by atoms with van der Waals surface area (Å²) in [7, 11) is 0. The number of hydrogen-bond acceptors (Lipinski definition) is 1. The van der Waals surface area contributed by atoms with Gasteiger partial charge in [0.05, 0.1) is 5.54 Å². The van der Waals surface area contributed by atoms with Crippen molar-refractivity contribution >= 4 is 29.1 Å². The summed E-state index contributed by atoms with van der Waals surface area (Å²) in [6, 6.07) is 0. The van der Waals surface area contributed by atoms with E-state index < -0.39 is 5.54 Å². The summed E-state index contributed by atoms with van der Waals surface area (Å²) in [5.41, 5.74) is -0.448. The first-order valence-electron chi connectivity index (χ1n) is 6.53. The number of rotatable bonds is 4. The first-order chi connectivity index (χ1) is 8.09. The van der Waals surface area contributed by atoms with E-state index in [1.165, 1.54) is 19.3 Å². The number of nitrogens with one attached hydrogen (secondary N) is 1. The molecule has 1 N–H and O–H groups in total. The van der Waals surface area contributed by atoms with Gasteiger partial charge in [0.25, 0.3) is 0 Å². The van der Waals surface area contributed by atoms with Crippen LogP contribution in [0.1, 0.15) is 26.2 Å². The summed E-state index contributed by atoms with van der Waals surface area (Å²) in [5.74, 6) is 4.24. The molecule has 0 aromatic carbocycles. The average molecular weight is 276 g/mol. The highest BCUT2D eigenvalue weighted by atomic mass is 35.5. The number of fused-ring (bicyclic) bond motifs is 5. The van der Waals surface area contributed by atoms with Gasteiger partial charge in [0, 0.05) is 17.7 Å². The Morgan fingerprint density at radius 3 is 2.24 bits per heavy atom. The largest absolute Gasteiger partial charge is 0.348 e. The topological polar surface area (TPSA) is 29.1 Å². The fourth-order valence-electron chi connectivity index (χ4n) is 4.16. The van der Waals surface area contributed by atoms with Crippen LogP contribution in [0, 0.1) is 29.6 Å².